The molecule has 32 heavy (non-hydrogen) atoms. The summed E-state index contributed by atoms with van der Waals surface area (Å²) in [5.74, 6) is -0.429. The summed E-state index contributed by atoms with van der Waals surface area (Å²) in [7, 11) is 0. The van der Waals surface area contributed by atoms with E-state index in [0.29, 0.717) is 35.6 Å². The first-order chi connectivity index (χ1) is 15.5. The number of nitrogens with one attached hydrogen (secondary N) is 2. The fourth-order valence-electron chi connectivity index (χ4n) is 3.38. The first kappa shape index (κ1) is 21.5. The minimum Gasteiger partial charge on any atom is -0.352 e. The van der Waals surface area contributed by atoms with Crippen LogP contribution >= 0.6 is 11.3 Å². The summed E-state index contributed by atoms with van der Waals surface area (Å²) in [6.45, 7) is 4.88. The summed E-state index contributed by atoms with van der Waals surface area (Å²) >= 11 is 1.54. The smallest absolute Gasteiger partial charge is 0.259 e. The van der Waals surface area contributed by atoms with E-state index in [-0.39, 0.29) is 11.8 Å². The van der Waals surface area contributed by atoms with E-state index < -0.39 is 0 Å². The molecule has 7 heteroatoms. The summed E-state index contributed by atoms with van der Waals surface area (Å²) in [5, 5.41) is 12.4. The number of hydrogen-bond acceptors (Lipinski definition) is 4. The van der Waals surface area contributed by atoms with Crippen LogP contribution in [0.4, 0.5) is 5.69 Å². The van der Waals surface area contributed by atoms with E-state index in [2.05, 4.69) is 10.6 Å². The lowest BCUT2D eigenvalue weighted by Gasteiger charge is -2.10. The third kappa shape index (κ3) is 4.78. The van der Waals surface area contributed by atoms with E-state index in [1.54, 1.807) is 23.0 Å². The fraction of sp³-hybridized carbons (Fsp3) is 0.160. The van der Waals surface area contributed by atoms with Gasteiger partial charge in [-0.15, -0.1) is 11.3 Å². The molecule has 0 radical (unpaired) electrons. The SMILES string of the molecule is CCNC(=O)c1ccc(C)c(NC(=O)c2cn(Cc3ccccc3)nc2-c2cccs2)c1. The van der Waals surface area contributed by atoms with Gasteiger partial charge in [0.1, 0.15) is 5.69 Å². The Labute approximate surface area is 190 Å². The minimum absolute atomic E-state index is 0.169. The van der Waals surface area contributed by atoms with Crippen molar-refractivity contribution in [3.63, 3.8) is 0 Å². The van der Waals surface area contributed by atoms with E-state index in [0.717, 1.165) is 16.0 Å². The molecule has 0 spiro atoms. The third-order valence-electron chi connectivity index (χ3n) is 5.03. The van der Waals surface area contributed by atoms with Crippen molar-refractivity contribution in [2.24, 2.45) is 0 Å². The molecule has 2 amide bonds. The van der Waals surface area contributed by atoms with Gasteiger partial charge in [-0.3, -0.25) is 14.3 Å². The molecule has 4 rings (SSSR count). The summed E-state index contributed by atoms with van der Waals surface area (Å²) < 4.78 is 1.79. The van der Waals surface area contributed by atoms with Crippen LogP contribution in [0, 0.1) is 6.92 Å². The van der Waals surface area contributed by atoms with Gasteiger partial charge in [0.15, 0.2) is 0 Å². The molecule has 162 valence electrons. The van der Waals surface area contributed by atoms with Crippen LogP contribution in [0.1, 0.15) is 38.8 Å². The number of thiophene rings is 1. The van der Waals surface area contributed by atoms with Crippen molar-refractivity contribution in [3.05, 3.63) is 94.5 Å². The van der Waals surface area contributed by atoms with Gasteiger partial charge in [0.25, 0.3) is 11.8 Å². The normalized spacial score (nSPS) is 10.7. The van der Waals surface area contributed by atoms with Crippen molar-refractivity contribution >= 4 is 28.8 Å². The number of rotatable bonds is 7. The highest BCUT2D eigenvalue weighted by molar-refractivity contribution is 7.13. The van der Waals surface area contributed by atoms with Crippen LogP contribution in [0.15, 0.2) is 72.2 Å². The molecule has 4 aromatic rings. The molecule has 6 nitrogen and oxygen atoms in total. The molecular formula is C25H24N4O2S. The number of aryl methyl sites for hydroxylation is 1. The Bertz CT molecular complexity index is 1230. The van der Waals surface area contributed by atoms with Crippen molar-refractivity contribution < 1.29 is 9.59 Å². The molecule has 2 aromatic heterocycles. The number of hydrogen-bond donors (Lipinski definition) is 2. The van der Waals surface area contributed by atoms with Crippen molar-refractivity contribution in [3.8, 4) is 10.6 Å². The highest BCUT2D eigenvalue weighted by Gasteiger charge is 2.20. The van der Waals surface area contributed by atoms with Crippen LogP contribution in [-0.2, 0) is 6.54 Å². The molecule has 2 heterocycles. The standard InChI is InChI=1S/C25H24N4O2S/c1-3-26-24(30)19-12-11-17(2)21(14-19)27-25(31)20-16-29(15-18-8-5-4-6-9-18)28-23(20)22-10-7-13-32-22/h4-14,16H,3,15H2,1-2H3,(H,26,30)(H,27,31). The summed E-state index contributed by atoms with van der Waals surface area (Å²) in [4.78, 5) is 26.4. The highest BCUT2D eigenvalue weighted by atomic mass is 32.1. The van der Waals surface area contributed by atoms with E-state index in [4.69, 9.17) is 5.10 Å². The monoisotopic (exact) mass is 444 g/mol. The summed E-state index contributed by atoms with van der Waals surface area (Å²) in [6.07, 6.45) is 1.78. The Balaban J connectivity index is 1.64. The van der Waals surface area contributed by atoms with Crippen LogP contribution < -0.4 is 10.6 Å². The topological polar surface area (TPSA) is 76.0 Å². The van der Waals surface area contributed by atoms with Crippen LogP contribution in [0.25, 0.3) is 10.6 Å². The Morgan fingerprint density at radius 2 is 1.84 bits per heavy atom. The van der Waals surface area contributed by atoms with Gasteiger partial charge in [-0.2, -0.15) is 5.10 Å². The molecule has 0 saturated carbocycles. The Morgan fingerprint density at radius 1 is 1.03 bits per heavy atom. The first-order valence-electron chi connectivity index (χ1n) is 10.4. The lowest BCUT2D eigenvalue weighted by atomic mass is 10.1. The Kier molecular flexibility index (Phi) is 6.47. The Hall–Kier alpha value is -3.71. The molecule has 0 aliphatic carbocycles. The average Bonchev–Trinajstić information content (AvgIpc) is 3.46. The maximum Gasteiger partial charge on any atom is 0.259 e. The molecule has 0 bridgehead atoms. The lowest BCUT2D eigenvalue weighted by molar-refractivity contribution is 0.0954. The van der Waals surface area contributed by atoms with Crippen LogP contribution in [0.2, 0.25) is 0 Å². The number of carbonyl (C=O) groups is 2. The molecule has 0 unspecified atom stereocenters. The largest absolute Gasteiger partial charge is 0.352 e. The lowest BCUT2D eigenvalue weighted by Crippen LogP contribution is -2.23. The van der Waals surface area contributed by atoms with Gasteiger partial charge in [-0.1, -0.05) is 42.5 Å². The van der Waals surface area contributed by atoms with Crippen molar-refractivity contribution in [2.75, 3.05) is 11.9 Å². The van der Waals surface area contributed by atoms with Gasteiger partial charge >= 0.3 is 0 Å². The van der Waals surface area contributed by atoms with Crippen LogP contribution in [-0.4, -0.2) is 28.1 Å². The van der Waals surface area contributed by atoms with Gasteiger partial charge in [-0.05, 0) is 48.6 Å². The molecule has 0 atom stereocenters. The highest BCUT2D eigenvalue weighted by Crippen LogP contribution is 2.28. The zero-order valence-electron chi connectivity index (χ0n) is 18.0. The van der Waals surface area contributed by atoms with Crippen molar-refractivity contribution in [2.45, 2.75) is 20.4 Å². The molecule has 0 aliphatic heterocycles. The second kappa shape index (κ2) is 9.62. The number of nitrogens with zero attached hydrogens (tertiary/aromatic N) is 2. The maximum atomic E-state index is 13.3. The minimum atomic E-state index is -0.260. The van der Waals surface area contributed by atoms with Gasteiger partial charge in [-0.25, -0.2) is 0 Å². The zero-order chi connectivity index (χ0) is 22.5. The van der Waals surface area contributed by atoms with Gasteiger partial charge in [0, 0.05) is 24.0 Å². The number of benzene rings is 2. The summed E-state index contributed by atoms with van der Waals surface area (Å²) in [6, 6.07) is 19.2. The molecule has 0 fully saturated rings. The Morgan fingerprint density at radius 3 is 2.56 bits per heavy atom. The molecule has 0 aliphatic rings. The second-order valence-electron chi connectivity index (χ2n) is 7.40. The average molecular weight is 445 g/mol. The molecule has 2 aromatic carbocycles. The number of amides is 2. The van der Waals surface area contributed by atoms with E-state index in [1.165, 1.54) is 11.3 Å². The van der Waals surface area contributed by atoms with Crippen molar-refractivity contribution in [1.82, 2.24) is 15.1 Å². The number of aromatic nitrogens is 2. The second-order valence-corrected chi connectivity index (χ2v) is 8.34. The molecule has 2 N–H and O–H groups in total. The third-order valence-corrected chi connectivity index (χ3v) is 5.91. The molecule has 0 saturated heterocycles. The van der Waals surface area contributed by atoms with E-state index >= 15 is 0 Å². The number of anilines is 1. The van der Waals surface area contributed by atoms with Gasteiger partial charge in [0.2, 0.25) is 0 Å². The van der Waals surface area contributed by atoms with Gasteiger partial charge < -0.3 is 10.6 Å². The fourth-order valence-corrected chi connectivity index (χ4v) is 4.11. The predicted molar refractivity (Wildman–Crippen MR) is 128 cm³/mol. The predicted octanol–water partition coefficient (Wildman–Crippen LogP) is 4.97. The quantitative estimate of drug-likeness (QED) is 0.423. The van der Waals surface area contributed by atoms with Crippen LogP contribution in [0.3, 0.4) is 0 Å². The van der Waals surface area contributed by atoms with Gasteiger partial charge in [0.05, 0.1) is 17.0 Å². The maximum absolute atomic E-state index is 13.3. The zero-order valence-corrected chi connectivity index (χ0v) is 18.8. The van der Waals surface area contributed by atoms with Crippen LogP contribution in [0.5, 0.6) is 0 Å². The number of carbonyl (C=O) groups excluding carboxylic acids is 2. The van der Waals surface area contributed by atoms with Crippen molar-refractivity contribution in [1.29, 1.82) is 0 Å². The summed E-state index contributed by atoms with van der Waals surface area (Å²) in [5.41, 5.74) is 4.22. The van der Waals surface area contributed by atoms with E-state index in [9.17, 15) is 9.59 Å². The first-order valence-corrected chi connectivity index (χ1v) is 11.3. The molecular weight excluding hydrogens is 420 g/mol. The van der Waals surface area contributed by atoms with E-state index in [1.807, 2.05) is 67.8 Å².